The summed E-state index contributed by atoms with van der Waals surface area (Å²) in [6.07, 6.45) is 0. The summed E-state index contributed by atoms with van der Waals surface area (Å²) in [7, 11) is 0. The molecule has 0 rings (SSSR count). The molecule has 0 unspecified atom stereocenters. The summed E-state index contributed by atoms with van der Waals surface area (Å²) in [6.45, 7) is 4.31. The third kappa shape index (κ3) is 9.96. The molecule has 0 aromatic heterocycles. The summed E-state index contributed by atoms with van der Waals surface area (Å²) in [4.78, 5) is 20.8. The van der Waals surface area contributed by atoms with Crippen LogP contribution < -0.4 is 9.44 Å². The first-order valence-electron chi connectivity index (χ1n) is 3.43. The molecule has 0 spiro atoms. The quantitative estimate of drug-likeness (QED) is 0.508. The molecule has 2 N–H and O–H groups in total. The molecule has 0 bridgehead atoms. The summed E-state index contributed by atoms with van der Waals surface area (Å²) in [5.74, 6) is 0. The number of hydrogen-bond donors (Lipinski definition) is 2. The molecule has 0 aromatic carbocycles. The summed E-state index contributed by atoms with van der Waals surface area (Å²) in [5.41, 5.74) is 0. The topological polar surface area (TPSA) is 58.2 Å². The number of rotatable bonds is 5. The normalized spacial score (nSPS) is 9.83. The van der Waals surface area contributed by atoms with Crippen LogP contribution in [0.1, 0.15) is 13.8 Å². The van der Waals surface area contributed by atoms with E-state index in [0.29, 0.717) is 13.1 Å². The Morgan fingerprint density at radius 1 is 1.00 bits per heavy atom. The minimum Gasteiger partial charge on any atom is -0.286 e. The first-order valence-corrected chi connectivity index (χ1v) is 5.06. The smallest absolute Gasteiger partial charge is 0.200 e. The highest BCUT2D eigenvalue weighted by atomic mass is 32.2. The first kappa shape index (κ1) is 12.0. The molecular weight excluding hydrogens is 196 g/mol. The molecule has 0 heterocycles. The largest absolute Gasteiger partial charge is 0.286 e. The van der Waals surface area contributed by atoms with Crippen molar-refractivity contribution in [3.8, 4) is 0 Å². The Labute approximate surface area is 80.5 Å². The molecule has 0 amide bonds. The van der Waals surface area contributed by atoms with E-state index in [2.05, 4.69) is 9.44 Å². The van der Waals surface area contributed by atoms with Gasteiger partial charge in [-0.25, -0.2) is 0 Å². The van der Waals surface area contributed by atoms with Crippen LogP contribution in [0.25, 0.3) is 0 Å². The Kier molecular flexibility index (Phi) is 7.58. The minimum absolute atomic E-state index is 0.0363. The van der Waals surface area contributed by atoms with Crippen molar-refractivity contribution in [2.24, 2.45) is 0 Å². The average molecular weight is 208 g/mol. The van der Waals surface area contributed by atoms with E-state index < -0.39 is 0 Å². The lowest BCUT2D eigenvalue weighted by Gasteiger charge is -2.00. The Balaban J connectivity index is 3.01. The Hall–Kier alpha value is -0.0400. The van der Waals surface area contributed by atoms with Gasteiger partial charge in [0.05, 0.1) is 0 Å². The van der Waals surface area contributed by atoms with Crippen LogP contribution in [0.5, 0.6) is 0 Å². The summed E-state index contributed by atoms with van der Waals surface area (Å²) >= 11 is 2.13. The van der Waals surface area contributed by atoms with Gasteiger partial charge in [0.2, 0.25) is 10.2 Å². The van der Waals surface area contributed by atoms with Crippen LogP contribution in [0.3, 0.4) is 0 Å². The zero-order chi connectivity index (χ0) is 9.40. The molecule has 0 aliphatic rings. The standard InChI is InChI=1S/C6H12N2O2S2/c1-5(9)11-7-3-4-8-12-6(2)10/h7-8H,3-4H2,1-2H3. The van der Waals surface area contributed by atoms with Crippen molar-refractivity contribution in [1.29, 1.82) is 0 Å². The van der Waals surface area contributed by atoms with Gasteiger partial charge in [0.1, 0.15) is 0 Å². The van der Waals surface area contributed by atoms with Crippen LogP contribution in [-0.4, -0.2) is 23.3 Å². The van der Waals surface area contributed by atoms with Gasteiger partial charge in [0, 0.05) is 26.9 Å². The number of nitrogens with one attached hydrogen (secondary N) is 2. The zero-order valence-corrected chi connectivity index (χ0v) is 8.68. The maximum absolute atomic E-state index is 10.4. The predicted octanol–water partition coefficient (Wildman–Crippen LogP) is 0.555. The third-order valence-corrected chi connectivity index (χ3v) is 2.03. The van der Waals surface area contributed by atoms with Crippen molar-refractivity contribution in [2.75, 3.05) is 13.1 Å². The SMILES string of the molecule is CC(=O)SNCCNSC(C)=O. The Morgan fingerprint density at radius 2 is 1.33 bits per heavy atom. The molecule has 0 aliphatic carbocycles. The van der Waals surface area contributed by atoms with Crippen LogP contribution in [0, 0.1) is 0 Å². The van der Waals surface area contributed by atoms with E-state index in [9.17, 15) is 9.59 Å². The van der Waals surface area contributed by atoms with Crippen LogP contribution in [0.2, 0.25) is 0 Å². The highest BCUT2D eigenvalue weighted by Gasteiger charge is 1.94. The van der Waals surface area contributed by atoms with E-state index in [4.69, 9.17) is 0 Å². The lowest BCUT2D eigenvalue weighted by atomic mass is 10.7. The van der Waals surface area contributed by atoms with Gasteiger partial charge in [-0.3, -0.25) is 19.0 Å². The van der Waals surface area contributed by atoms with Gasteiger partial charge in [-0.05, 0) is 23.9 Å². The monoisotopic (exact) mass is 208 g/mol. The van der Waals surface area contributed by atoms with Gasteiger partial charge in [0.15, 0.2) is 0 Å². The minimum atomic E-state index is 0.0363. The van der Waals surface area contributed by atoms with Gasteiger partial charge in [0.25, 0.3) is 0 Å². The maximum Gasteiger partial charge on any atom is 0.200 e. The molecule has 0 fully saturated rings. The lowest BCUT2D eigenvalue weighted by molar-refractivity contribution is -0.110. The molecule has 12 heavy (non-hydrogen) atoms. The van der Waals surface area contributed by atoms with E-state index >= 15 is 0 Å². The van der Waals surface area contributed by atoms with Gasteiger partial charge >= 0.3 is 0 Å². The maximum atomic E-state index is 10.4. The molecule has 0 aliphatic heterocycles. The van der Waals surface area contributed by atoms with E-state index in [0.717, 1.165) is 23.9 Å². The predicted molar refractivity (Wildman–Crippen MR) is 52.5 cm³/mol. The molecule has 0 radical (unpaired) electrons. The number of carbonyl (C=O) groups is 2. The third-order valence-electron chi connectivity index (χ3n) is 0.761. The fraction of sp³-hybridized carbons (Fsp3) is 0.667. The fourth-order valence-corrected chi connectivity index (χ4v) is 1.22. The summed E-state index contributed by atoms with van der Waals surface area (Å²) < 4.78 is 5.68. The highest BCUT2D eigenvalue weighted by Crippen LogP contribution is 1.94. The second kappa shape index (κ2) is 7.60. The van der Waals surface area contributed by atoms with Gasteiger partial charge in [-0.15, -0.1) is 0 Å². The molecular formula is C6H12N2O2S2. The van der Waals surface area contributed by atoms with Crippen LogP contribution in [-0.2, 0) is 9.59 Å². The molecule has 4 nitrogen and oxygen atoms in total. The molecule has 70 valence electrons. The van der Waals surface area contributed by atoms with E-state index in [1.165, 1.54) is 13.8 Å². The van der Waals surface area contributed by atoms with Crippen molar-refractivity contribution in [3.05, 3.63) is 0 Å². The molecule has 0 atom stereocenters. The summed E-state index contributed by atoms with van der Waals surface area (Å²) in [6, 6.07) is 0. The highest BCUT2D eigenvalue weighted by molar-refractivity contribution is 8.12. The molecule has 6 heteroatoms. The fourth-order valence-electron chi connectivity index (χ4n) is 0.407. The van der Waals surface area contributed by atoms with Crippen molar-refractivity contribution in [3.63, 3.8) is 0 Å². The van der Waals surface area contributed by atoms with Gasteiger partial charge < -0.3 is 0 Å². The van der Waals surface area contributed by atoms with Crippen molar-refractivity contribution in [2.45, 2.75) is 13.8 Å². The van der Waals surface area contributed by atoms with Crippen LogP contribution in [0.4, 0.5) is 0 Å². The molecule has 0 saturated carbocycles. The van der Waals surface area contributed by atoms with Gasteiger partial charge in [-0.2, -0.15) is 0 Å². The lowest BCUT2D eigenvalue weighted by Crippen LogP contribution is -2.20. The number of carbonyl (C=O) groups excluding carboxylic acids is 2. The van der Waals surface area contributed by atoms with Crippen molar-refractivity contribution in [1.82, 2.24) is 9.44 Å². The van der Waals surface area contributed by atoms with E-state index in [1.54, 1.807) is 0 Å². The Morgan fingerprint density at radius 3 is 1.58 bits per heavy atom. The second-order valence-electron chi connectivity index (χ2n) is 1.98. The Bertz CT molecular complexity index is 146. The van der Waals surface area contributed by atoms with Crippen molar-refractivity contribution >= 4 is 34.1 Å². The van der Waals surface area contributed by atoms with E-state index in [-0.39, 0.29) is 10.2 Å². The second-order valence-corrected chi connectivity index (χ2v) is 4.11. The summed E-state index contributed by atoms with van der Waals surface area (Å²) in [5, 5.41) is 0.0726. The van der Waals surface area contributed by atoms with Crippen LogP contribution in [0.15, 0.2) is 0 Å². The average Bonchev–Trinajstić information content (AvgIpc) is 1.95. The molecule has 0 aromatic rings. The molecule has 0 saturated heterocycles. The van der Waals surface area contributed by atoms with E-state index in [1.807, 2.05) is 0 Å². The number of hydrogen-bond acceptors (Lipinski definition) is 6. The van der Waals surface area contributed by atoms with Crippen LogP contribution >= 0.6 is 23.9 Å². The van der Waals surface area contributed by atoms with Crippen molar-refractivity contribution < 1.29 is 9.59 Å². The first-order chi connectivity index (χ1) is 5.63. The zero-order valence-electron chi connectivity index (χ0n) is 7.05. The van der Waals surface area contributed by atoms with Gasteiger partial charge in [-0.1, -0.05) is 0 Å².